The standard InChI is InChI=1S/C11H16N6O2/c1-3-8(6-10(18)19)7-17-11(12-14-15-17)9-4-5-16(2)13-9/h4-5,8H,3,6-7H2,1-2H3,(H,18,19). The van der Waals surface area contributed by atoms with Crippen LogP contribution in [0.3, 0.4) is 0 Å². The van der Waals surface area contributed by atoms with Crippen molar-refractivity contribution >= 4 is 5.97 Å². The molecule has 2 rings (SSSR count). The summed E-state index contributed by atoms with van der Waals surface area (Å²) in [4.78, 5) is 10.8. The summed E-state index contributed by atoms with van der Waals surface area (Å²) in [7, 11) is 1.82. The van der Waals surface area contributed by atoms with Gasteiger partial charge >= 0.3 is 5.97 Å². The molecule has 1 atom stereocenters. The summed E-state index contributed by atoms with van der Waals surface area (Å²) in [6.45, 7) is 2.43. The molecule has 0 aliphatic carbocycles. The fourth-order valence-corrected chi connectivity index (χ4v) is 1.87. The molecule has 0 radical (unpaired) electrons. The molecule has 102 valence electrons. The van der Waals surface area contributed by atoms with Crippen LogP contribution in [0, 0.1) is 5.92 Å². The zero-order chi connectivity index (χ0) is 13.8. The Kier molecular flexibility index (Phi) is 3.88. The smallest absolute Gasteiger partial charge is 0.303 e. The topological polar surface area (TPSA) is 98.7 Å². The highest BCUT2D eigenvalue weighted by Gasteiger charge is 2.17. The molecule has 0 fully saturated rings. The molecule has 1 unspecified atom stereocenters. The maximum Gasteiger partial charge on any atom is 0.303 e. The Morgan fingerprint density at radius 3 is 2.89 bits per heavy atom. The van der Waals surface area contributed by atoms with Gasteiger partial charge in [0.25, 0.3) is 0 Å². The lowest BCUT2D eigenvalue weighted by Gasteiger charge is -2.12. The highest BCUT2D eigenvalue weighted by Crippen LogP contribution is 2.16. The lowest BCUT2D eigenvalue weighted by Crippen LogP contribution is -2.16. The molecule has 1 N–H and O–H groups in total. The van der Waals surface area contributed by atoms with E-state index in [4.69, 9.17) is 5.11 Å². The van der Waals surface area contributed by atoms with Gasteiger partial charge in [-0.1, -0.05) is 13.3 Å². The summed E-state index contributed by atoms with van der Waals surface area (Å²) in [5.41, 5.74) is 0.678. The van der Waals surface area contributed by atoms with Crippen LogP contribution in [0.15, 0.2) is 12.3 Å². The minimum Gasteiger partial charge on any atom is -0.481 e. The Hall–Kier alpha value is -2.25. The molecule has 0 spiro atoms. The molecule has 0 saturated carbocycles. The number of carboxylic acids is 1. The number of aryl methyl sites for hydroxylation is 1. The Labute approximate surface area is 110 Å². The first-order chi connectivity index (χ1) is 9.10. The SMILES string of the molecule is CCC(CC(=O)O)Cn1nnnc1-c1ccn(C)n1. The van der Waals surface area contributed by atoms with Gasteiger partial charge in [0.2, 0.25) is 5.82 Å². The molecule has 0 amide bonds. The van der Waals surface area contributed by atoms with Crippen LogP contribution in [0.1, 0.15) is 19.8 Å². The maximum atomic E-state index is 10.8. The second-order valence-electron chi connectivity index (χ2n) is 4.43. The van der Waals surface area contributed by atoms with Gasteiger partial charge in [-0.15, -0.1) is 5.10 Å². The minimum absolute atomic E-state index is 0.00321. The van der Waals surface area contributed by atoms with Crippen LogP contribution in [0.4, 0.5) is 0 Å². The van der Waals surface area contributed by atoms with E-state index in [9.17, 15) is 4.79 Å². The van der Waals surface area contributed by atoms with E-state index in [2.05, 4.69) is 20.6 Å². The van der Waals surface area contributed by atoms with E-state index in [0.29, 0.717) is 18.1 Å². The van der Waals surface area contributed by atoms with Crippen LogP contribution in [0.2, 0.25) is 0 Å². The molecule has 8 heteroatoms. The van der Waals surface area contributed by atoms with Gasteiger partial charge in [-0.2, -0.15) is 5.10 Å². The Balaban J connectivity index is 2.17. The Morgan fingerprint density at radius 2 is 2.32 bits per heavy atom. The summed E-state index contributed by atoms with van der Waals surface area (Å²) >= 11 is 0. The molecular formula is C11H16N6O2. The van der Waals surface area contributed by atoms with Crippen molar-refractivity contribution in [2.45, 2.75) is 26.3 Å². The van der Waals surface area contributed by atoms with Crippen LogP contribution in [-0.4, -0.2) is 41.1 Å². The van der Waals surface area contributed by atoms with Gasteiger partial charge in [0, 0.05) is 26.2 Å². The highest BCUT2D eigenvalue weighted by molar-refractivity contribution is 5.67. The fourth-order valence-electron chi connectivity index (χ4n) is 1.87. The van der Waals surface area contributed by atoms with Crippen molar-refractivity contribution in [1.82, 2.24) is 30.0 Å². The van der Waals surface area contributed by atoms with Crippen molar-refractivity contribution < 1.29 is 9.90 Å². The second-order valence-corrected chi connectivity index (χ2v) is 4.43. The van der Waals surface area contributed by atoms with E-state index in [0.717, 1.165) is 6.42 Å². The molecule has 19 heavy (non-hydrogen) atoms. The number of hydrogen-bond acceptors (Lipinski definition) is 5. The summed E-state index contributed by atoms with van der Waals surface area (Å²) in [5.74, 6) is -0.243. The van der Waals surface area contributed by atoms with Crippen molar-refractivity contribution in [1.29, 1.82) is 0 Å². The van der Waals surface area contributed by atoms with E-state index in [1.54, 1.807) is 9.36 Å². The second kappa shape index (κ2) is 5.59. The van der Waals surface area contributed by atoms with Gasteiger partial charge in [-0.3, -0.25) is 9.48 Å². The first-order valence-electron chi connectivity index (χ1n) is 6.08. The average molecular weight is 264 g/mol. The van der Waals surface area contributed by atoms with Crippen molar-refractivity contribution in [2.24, 2.45) is 13.0 Å². The number of hydrogen-bond donors (Lipinski definition) is 1. The van der Waals surface area contributed by atoms with Gasteiger partial charge in [-0.25, -0.2) is 4.68 Å². The number of carbonyl (C=O) groups is 1. The number of aliphatic carboxylic acids is 1. The molecule has 2 aromatic rings. The van der Waals surface area contributed by atoms with Gasteiger partial charge < -0.3 is 5.11 Å². The molecular weight excluding hydrogens is 248 g/mol. The Morgan fingerprint density at radius 1 is 1.53 bits per heavy atom. The molecule has 8 nitrogen and oxygen atoms in total. The minimum atomic E-state index is -0.806. The average Bonchev–Trinajstić information content (AvgIpc) is 2.96. The summed E-state index contributed by atoms with van der Waals surface area (Å²) in [6, 6.07) is 1.82. The normalized spacial score (nSPS) is 12.5. The van der Waals surface area contributed by atoms with Crippen LogP contribution in [0.25, 0.3) is 11.5 Å². The monoisotopic (exact) mass is 264 g/mol. The first kappa shape index (κ1) is 13.2. The number of aromatic nitrogens is 6. The summed E-state index contributed by atoms with van der Waals surface area (Å²) < 4.78 is 3.28. The van der Waals surface area contributed by atoms with E-state index < -0.39 is 5.97 Å². The van der Waals surface area contributed by atoms with Crippen LogP contribution in [-0.2, 0) is 18.4 Å². The Bertz CT molecular complexity index is 561. The lowest BCUT2D eigenvalue weighted by atomic mass is 10.0. The molecule has 0 aliphatic rings. The molecule has 2 heterocycles. The third-order valence-corrected chi connectivity index (χ3v) is 2.95. The summed E-state index contributed by atoms with van der Waals surface area (Å²) in [6.07, 6.45) is 2.68. The van der Waals surface area contributed by atoms with Crippen molar-refractivity contribution in [2.75, 3.05) is 0 Å². The van der Waals surface area contributed by atoms with Crippen LogP contribution < -0.4 is 0 Å². The molecule has 0 aromatic carbocycles. The quantitative estimate of drug-likeness (QED) is 0.819. The number of tetrazole rings is 1. The predicted molar refractivity (Wildman–Crippen MR) is 66.1 cm³/mol. The number of rotatable bonds is 6. The lowest BCUT2D eigenvalue weighted by molar-refractivity contribution is -0.138. The fraction of sp³-hybridized carbons (Fsp3) is 0.545. The molecule has 0 saturated heterocycles. The zero-order valence-electron chi connectivity index (χ0n) is 10.9. The molecule has 2 aromatic heterocycles. The predicted octanol–water partition coefficient (Wildman–Crippen LogP) is 0.574. The molecule has 0 bridgehead atoms. The van der Waals surface area contributed by atoms with E-state index in [1.165, 1.54) is 0 Å². The van der Waals surface area contributed by atoms with Crippen molar-refractivity contribution in [3.63, 3.8) is 0 Å². The van der Waals surface area contributed by atoms with Gasteiger partial charge in [-0.05, 0) is 22.4 Å². The van der Waals surface area contributed by atoms with Gasteiger partial charge in [0.15, 0.2) is 0 Å². The summed E-state index contributed by atoms with van der Waals surface area (Å²) in [5, 5.41) is 24.6. The third kappa shape index (κ3) is 3.15. The van der Waals surface area contributed by atoms with Gasteiger partial charge in [0.1, 0.15) is 5.69 Å². The van der Waals surface area contributed by atoms with Crippen molar-refractivity contribution in [3.05, 3.63) is 12.3 Å². The van der Waals surface area contributed by atoms with E-state index in [1.807, 2.05) is 26.2 Å². The van der Waals surface area contributed by atoms with Crippen LogP contribution in [0.5, 0.6) is 0 Å². The largest absolute Gasteiger partial charge is 0.481 e. The first-order valence-corrected chi connectivity index (χ1v) is 6.08. The highest BCUT2D eigenvalue weighted by atomic mass is 16.4. The zero-order valence-corrected chi connectivity index (χ0v) is 10.9. The van der Waals surface area contributed by atoms with E-state index in [-0.39, 0.29) is 12.3 Å². The van der Waals surface area contributed by atoms with Crippen molar-refractivity contribution in [3.8, 4) is 11.5 Å². The third-order valence-electron chi connectivity index (χ3n) is 2.95. The number of carboxylic acid groups (broad SMARTS) is 1. The van der Waals surface area contributed by atoms with Gasteiger partial charge in [0.05, 0.1) is 0 Å². The van der Waals surface area contributed by atoms with E-state index >= 15 is 0 Å². The van der Waals surface area contributed by atoms with Crippen LogP contribution >= 0.6 is 0 Å². The maximum absolute atomic E-state index is 10.8. The molecule has 0 aliphatic heterocycles. The number of nitrogens with zero attached hydrogens (tertiary/aromatic N) is 6.